The van der Waals surface area contributed by atoms with Crippen LogP contribution >= 0.6 is 0 Å². The van der Waals surface area contributed by atoms with E-state index in [0.717, 1.165) is 48.4 Å². The van der Waals surface area contributed by atoms with Crippen LogP contribution in [0.25, 0.3) is 11.0 Å². The molecule has 1 heterocycles. The highest BCUT2D eigenvalue weighted by molar-refractivity contribution is 5.76. The quantitative estimate of drug-likeness (QED) is 0.453. The molecule has 29 heavy (non-hydrogen) atoms. The summed E-state index contributed by atoms with van der Waals surface area (Å²) in [6.45, 7) is 2.95. The average molecular weight is 399 g/mol. The number of nitrogens with zero attached hydrogens (tertiary/aromatic N) is 2. The number of aliphatic hydroxyl groups is 1. The molecule has 0 bridgehead atoms. The largest absolute Gasteiger partial charge is 0.491 e. The third-order valence-corrected chi connectivity index (χ3v) is 5.12. The summed E-state index contributed by atoms with van der Waals surface area (Å²) in [5.74, 6) is 0.719. The predicted molar refractivity (Wildman–Crippen MR) is 115 cm³/mol. The second kappa shape index (κ2) is 9.73. The molecular formula is C22H30N4O3. The van der Waals surface area contributed by atoms with E-state index in [4.69, 9.17) is 4.74 Å². The summed E-state index contributed by atoms with van der Waals surface area (Å²) < 4.78 is 8.93. The number of hydrogen-bond donors (Lipinski definition) is 3. The molecule has 0 fully saturated rings. The van der Waals surface area contributed by atoms with Crippen LogP contribution in [-0.2, 0) is 20.6 Å². The molecule has 156 valence electrons. The van der Waals surface area contributed by atoms with Gasteiger partial charge in [0.1, 0.15) is 18.5 Å². The fourth-order valence-corrected chi connectivity index (χ4v) is 3.33. The van der Waals surface area contributed by atoms with Crippen LogP contribution in [0.2, 0.25) is 0 Å². The Morgan fingerprint density at radius 2 is 1.76 bits per heavy atom. The van der Waals surface area contributed by atoms with E-state index in [2.05, 4.69) is 10.6 Å². The SMILES string of the molecule is CNCCCNCc1ccc(OCC(O)c2ccc3c(c2)n(C)c(=O)n3C)cc1. The lowest BCUT2D eigenvalue weighted by Crippen LogP contribution is -2.19. The molecule has 0 amide bonds. The summed E-state index contributed by atoms with van der Waals surface area (Å²) in [7, 11) is 5.43. The maximum atomic E-state index is 12.1. The Hall–Kier alpha value is -2.61. The van der Waals surface area contributed by atoms with Crippen molar-refractivity contribution in [3.05, 3.63) is 64.1 Å². The van der Waals surface area contributed by atoms with Gasteiger partial charge in [-0.15, -0.1) is 0 Å². The first kappa shape index (κ1) is 21.1. The van der Waals surface area contributed by atoms with Crippen molar-refractivity contribution in [2.75, 3.05) is 26.7 Å². The molecule has 0 spiro atoms. The van der Waals surface area contributed by atoms with Crippen molar-refractivity contribution >= 4 is 11.0 Å². The molecule has 7 nitrogen and oxygen atoms in total. The van der Waals surface area contributed by atoms with Gasteiger partial charge in [0.05, 0.1) is 11.0 Å². The summed E-state index contributed by atoms with van der Waals surface area (Å²) in [5.41, 5.74) is 3.46. The van der Waals surface area contributed by atoms with E-state index in [1.165, 1.54) is 5.56 Å². The molecule has 0 aliphatic carbocycles. The zero-order valence-electron chi connectivity index (χ0n) is 17.3. The van der Waals surface area contributed by atoms with Crippen LogP contribution in [0.1, 0.15) is 23.7 Å². The molecular weight excluding hydrogens is 368 g/mol. The maximum Gasteiger partial charge on any atom is 0.328 e. The molecule has 7 heteroatoms. The molecule has 0 radical (unpaired) electrons. The van der Waals surface area contributed by atoms with Gasteiger partial charge in [-0.2, -0.15) is 0 Å². The van der Waals surface area contributed by atoms with Crippen LogP contribution in [0.5, 0.6) is 5.75 Å². The fourth-order valence-electron chi connectivity index (χ4n) is 3.33. The standard InChI is InChI=1S/C22H30N4O3/c1-23-11-4-12-24-14-16-5-8-18(9-6-16)29-15-21(27)17-7-10-19-20(13-17)26(3)22(28)25(19)2/h5-10,13,21,23-24,27H,4,11-12,14-15H2,1-3H3. The van der Waals surface area contributed by atoms with Crippen LogP contribution < -0.4 is 21.1 Å². The minimum Gasteiger partial charge on any atom is -0.491 e. The van der Waals surface area contributed by atoms with Gasteiger partial charge in [-0.05, 0) is 62.0 Å². The highest BCUT2D eigenvalue weighted by atomic mass is 16.5. The lowest BCUT2D eigenvalue weighted by molar-refractivity contribution is 0.108. The van der Waals surface area contributed by atoms with Crippen molar-refractivity contribution in [3.8, 4) is 5.75 Å². The first-order chi connectivity index (χ1) is 14.0. The van der Waals surface area contributed by atoms with Gasteiger partial charge in [0.25, 0.3) is 0 Å². The Kier molecular flexibility index (Phi) is 7.09. The van der Waals surface area contributed by atoms with Crippen molar-refractivity contribution < 1.29 is 9.84 Å². The van der Waals surface area contributed by atoms with Gasteiger partial charge < -0.3 is 20.5 Å². The number of aryl methyl sites for hydroxylation is 2. The van der Waals surface area contributed by atoms with Crippen molar-refractivity contribution in [2.24, 2.45) is 14.1 Å². The van der Waals surface area contributed by atoms with Crippen molar-refractivity contribution in [1.29, 1.82) is 0 Å². The third-order valence-electron chi connectivity index (χ3n) is 5.12. The van der Waals surface area contributed by atoms with Crippen LogP contribution in [0.15, 0.2) is 47.3 Å². The molecule has 3 aromatic rings. The third kappa shape index (κ3) is 5.06. The Labute approximate surface area is 170 Å². The zero-order valence-corrected chi connectivity index (χ0v) is 17.3. The van der Waals surface area contributed by atoms with E-state index in [1.807, 2.05) is 49.5 Å². The van der Waals surface area contributed by atoms with Crippen LogP contribution in [0.4, 0.5) is 0 Å². The number of benzene rings is 2. The molecule has 0 saturated heterocycles. The maximum absolute atomic E-state index is 12.1. The number of ether oxygens (including phenoxy) is 1. The van der Waals surface area contributed by atoms with E-state index in [0.29, 0.717) is 0 Å². The summed E-state index contributed by atoms with van der Waals surface area (Å²) in [6.07, 6.45) is 0.321. The normalized spacial score (nSPS) is 12.4. The minimum absolute atomic E-state index is 0.0838. The first-order valence-electron chi connectivity index (χ1n) is 9.91. The monoisotopic (exact) mass is 398 g/mol. The minimum atomic E-state index is -0.775. The molecule has 0 saturated carbocycles. The molecule has 0 aliphatic rings. The lowest BCUT2D eigenvalue weighted by atomic mass is 10.1. The van der Waals surface area contributed by atoms with Crippen LogP contribution in [0.3, 0.4) is 0 Å². The van der Waals surface area contributed by atoms with Gasteiger partial charge >= 0.3 is 5.69 Å². The number of hydrogen-bond acceptors (Lipinski definition) is 5. The van der Waals surface area contributed by atoms with Gasteiger partial charge in [0.15, 0.2) is 0 Å². The average Bonchev–Trinajstić information content (AvgIpc) is 2.96. The van der Waals surface area contributed by atoms with Crippen LogP contribution in [-0.4, -0.2) is 41.0 Å². The number of nitrogens with one attached hydrogen (secondary N) is 2. The van der Waals surface area contributed by atoms with E-state index in [9.17, 15) is 9.90 Å². The summed E-state index contributed by atoms with van der Waals surface area (Å²) >= 11 is 0. The van der Waals surface area contributed by atoms with Gasteiger partial charge in [-0.3, -0.25) is 9.13 Å². The molecule has 3 N–H and O–H groups in total. The van der Waals surface area contributed by atoms with Crippen molar-refractivity contribution in [1.82, 2.24) is 19.8 Å². The Balaban J connectivity index is 1.55. The number of imidazole rings is 1. The number of aliphatic hydroxyl groups excluding tert-OH is 1. The molecule has 3 rings (SSSR count). The number of aromatic nitrogens is 2. The molecule has 0 aliphatic heterocycles. The van der Waals surface area contributed by atoms with Crippen molar-refractivity contribution in [2.45, 2.75) is 19.1 Å². The highest BCUT2D eigenvalue weighted by Gasteiger charge is 2.13. The van der Waals surface area contributed by atoms with Gasteiger partial charge in [0, 0.05) is 20.6 Å². The summed E-state index contributed by atoms with van der Waals surface area (Å²) in [5, 5.41) is 17.1. The van der Waals surface area contributed by atoms with E-state index < -0.39 is 6.10 Å². The number of rotatable bonds is 10. The molecule has 1 atom stereocenters. The van der Waals surface area contributed by atoms with Gasteiger partial charge in [0.2, 0.25) is 0 Å². The molecule has 2 aromatic carbocycles. The predicted octanol–water partition coefficient (Wildman–Crippen LogP) is 1.69. The molecule has 1 unspecified atom stereocenters. The summed E-state index contributed by atoms with van der Waals surface area (Å²) in [6, 6.07) is 13.4. The molecule has 1 aromatic heterocycles. The Morgan fingerprint density at radius 1 is 1.03 bits per heavy atom. The second-order valence-electron chi connectivity index (χ2n) is 7.25. The van der Waals surface area contributed by atoms with Gasteiger partial charge in [-0.25, -0.2) is 4.79 Å². The smallest absolute Gasteiger partial charge is 0.328 e. The lowest BCUT2D eigenvalue weighted by Gasteiger charge is -2.13. The number of fused-ring (bicyclic) bond motifs is 1. The zero-order chi connectivity index (χ0) is 20.8. The van der Waals surface area contributed by atoms with Gasteiger partial charge in [-0.1, -0.05) is 18.2 Å². The fraction of sp³-hybridized carbons (Fsp3) is 0.409. The Bertz CT molecular complexity index is 992. The Morgan fingerprint density at radius 3 is 2.48 bits per heavy atom. The second-order valence-corrected chi connectivity index (χ2v) is 7.25. The van der Waals surface area contributed by atoms with E-state index >= 15 is 0 Å². The summed E-state index contributed by atoms with van der Waals surface area (Å²) in [4.78, 5) is 12.1. The van der Waals surface area contributed by atoms with E-state index in [-0.39, 0.29) is 12.3 Å². The first-order valence-corrected chi connectivity index (χ1v) is 9.91. The van der Waals surface area contributed by atoms with E-state index in [1.54, 1.807) is 23.2 Å². The van der Waals surface area contributed by atoms with Crippen LogP contribution in [0, 0.1) is 0 Å². The topological polar surface area (TPSA) is 80.4 Å². The van der Waals surface area contributed by atoms with Crippen molar-refractivity contribution in [3.63, 3.8) is 0 Å². The highest BCUT2D eigenvalue weighted by Crippen LogP contribution is 2.21.